The van der Waals surface area contributed by atoms with Crippen LogP contribution in [-0.2, 0) is 13.0 Å². The largest absolute Gasteiger partial charge is 0.370 e. The lowest BCUT2D eigenvalue weighted by Crippen LogP contribution is -2.36. The highest BCUT2D eigenvalue weighted by Gasteiger charge is 2.28. The lowest BCUT2D eigenvalue weighted by atomic mass is 9.96. The summed E-state index contributed by atoms with van der Waals surface area (Å²) in [5.74, 6) is 2.01. The van der Waals surface area contributed by atoms with Crippen LogP contribution in [0.1, 0.15) is 55.2 Å². The predicted octanol–water partition coefficient (Wildman–Crippen LogP) is 3.40. The molecule has 25 heavy (non-hydrogen) atoms. The lowest BCUT2D eigenvalue weighted by Gasteiger charge is -2.34. The molecule has 0 N–H and O–H groups in total. The number of piperidine rings is 1. The van der Waals surface area contributed by atoms with Gasteiger partial charge in [-0.15, -0.1) is 10.2 Å². The van der Waals surface area contributed by atoms with Gasteiger partial charge in [0.25, 0.3) is 0 Å². The number of hydrogen-bond donors (Lipinski definition) is 0. The molecule has 0 bridgehead atoms. The standard InChI is InChI=1S/C19H22FN5/c20-16-7-4-8-17(15(16)12-21)24-10-5-6-14(13-24)19-23-22-18-9-2-1-3-11-25(18)19/h4,7-8,14H,1-3,5-6,9-11,13H2/t14-/m1/s1. The minimum atomic E-state index is -0.446. The SMILES string of the molecule is N#Cc1c(F)cccc1N1CCC[C@@H](c2nnc3n2CCCCC3)C1. The normalized spacial score (nSPS) is 20.6. The molecule has 1 aromatic heterocycles. The first kappa shape index (κ1) is 16.1. The van der Waals surface area contributed by atoms with Gasteiger partial charge >= 0.3 is 0 Å². The van der Waals surface area contributed by atoms with E-state index in [0.717, 1.165) is 50.5 Å². The summed E-state index contributed by atoms with van der Waals surface area (Å²) >= 11 is 0. The molecule has 6 heteroatoms. The third-order valence-electron chi connectivity index (χ3n) is 5.37. The van der Waals surface area contributed by atoms with E-state index in [1.165, 1.54) is 25.3 Å². The fourth-order valence-corrected chi connectivity index (χ4v) is 4.10. The van der Waals surface area contributed by atoms with E-state index in [1.54, 1.807) is 6.07 Å². The molecule has 1 aromatic carbocycles. The van der Waals surface area contributed by atoms with Crippen molar-refractivity contribution in [1.82, 2.24) is 14.8 Å². The van der Waals surface area contributed by atoms with Crippen molar-refractivity contribution in [3.63, 3.8) is 0 Å². The molecule has 0 unspecified atom stereocenters. The van der Waals surface area contributed by atoms with E-state index in [0.29, 0.717) is 5.69 Å². The number of aryl methyl sites for hydroxylation is 1. The Labute approximate surface area is 147 Å². The molecular formula is C19H22FN5. The number of hydrogen-bond acceptors (Lipinski definition) is 4. The molecule has 5 nitrogen and oxygen atoms in total. The molecule has 0 amide bonds. The first-order chi connectivity index (χ1) is 12.3. The Morgan fingerprint density at radius 3 is 2.92 bits per heavy atom. The number of aromatic nitrogens is 3. The summed E-state index contributed by atoms with van der Waals surface area (Å²) in [4.78, 5) is 2.13. The van der Waals surface area contributed by atoms with Gasteiger partial charge in [-0.2, -0.15) is 5.26 Å². The summed E-state index contributed by atoms with van der Waals surface area (Å²) in [5, 5.41) is 18.2. The van der Waals surface area contributed by atoms with E-state index >= 15 is 0 Å². The van der Waals surface area contributed by atoms with Crippen LogP contribution in [-0.4, -0.2) is 27.9 Å². The molecule has 1 atom stereocenters. The molecule has 0 aliphatic carbocycles. The number of nitriles is 1. The highest BCUT2D eigenvalue weighted by atomic mass is 19.1. The van der Waals surface area contributed by atoms with Gasteiger partial charge in [0, 0.05) is 32.0 Å². The van der Waals surface area contributed by atoms with Crippen molar-refractivity contribution in [2.45, 2.75) is 51.0 Å². The van der Waals surface area contributed by atoms with Gasteiger partial charge in [0.15, 0.2) is 0 Å². The summed E-state index contributed by atoms with van der Waals surface area (Å²) in [5.41, 5.74) is 0.839. The Balaban J connectivity index is 1.62. The van der Waals surface area contributed by atoms with Gasteiger partial charge in [-0.3, -0.25) is 0 Å². The fourth-order valence-electron chi connectivity index (χ4n) is 4.10. The van der Waals surface area contributed by atoms with Crippen LogP contribution in [0, 0.1) is 17.1 Å². The van der Waals surface area contributed by atoms with Crippen LogP contribution in [0.15, 0.2) is 18.2 Å². The predicted molar refractivity (Wildman–Crippen MR) is 92.9 cm³/mol. The topological polar surface area (TPSA) is 57.7 Å². The van der Waals surface area contributed by atoms with Gasteiger partial charge in [-0.25, -0.2) is 4.39 Å². The van der Waals surface area contributed by atoms with Crippen molar-refractivity contribution >= 4 is 5.69 Å². The molecule has 130 valence electrons. The van der Waals surface area contributed by atoms with Gasteiger partial charge < -0.3 is 9.47 Å². The van der Waals surface area contributed by atoms with Crippen molar-refractivity contribution in [3.8, 4) is 6.07 Å². The molecule has 1 fully saturated rings. The summed E-state index contributed by atoms with van der Waals surface area (Å²) < 4.78 is 16.3. The molecule has 2 aliphatic rings. The van der Waals surface area contributed by atoms with Gasteiger partial charge in [0.1, 0.15) is 29.1 Å². The molecule has 3 heterocycles. The van der Waals surface area contributed by atoms with Gasteiger partial charge in [-0.05, 0) is 37.8 Å². The maximum Gasteiger partial charge on any atom is 0.143 e. The van der Waals surface area contributed by atoms with Crippen molar-refractivity contribution in [3.05, 3.63) is 41.2 Å². The van der Waals surface area contributed by atoms with Crippen molar-refractivity contribution in [2.24, 2.45) is 0 Å². The monoisotopic (exact) mass is 339 g/mol. The summed E-state index contributed by atoms with van der Waals surface area (Å²) in [6.45, 7) is 2.60. The quantitative estimate of drug-likeness (QED) is 0.841. The molecule has 0 spiro atoms. The fraction of sp³-hybridized carbons (Fsp3) is 0.526. The number of halogens is 1. The van der Waals surface area contributed by atoms with Crippen LogP contribution in [0.5, 0.6) is 0 Å². The van der Waals surface area contributed by atoms with E-state index in [2.05, 4.69) is 19.7 Å². The Bertz CT molecular complexity index is 807. The average molecular weight is 339 g/mol. The Morgan fingerprint density at radius 2 is 2.04 bits per heavy atom. The number of anilines is 1. The Kier molecular flexibility index (Phi) is 4.39. The summed E-state index contributed by atoms with van der Waals surface area (Å²) in [6.07, 6.45) is 6.68. The zero-order valence-corrected chi connectivity index (χ0v) is 14.3. The molecule has 4 rings (SSSR count). The average Bonchev–Trinajstić information content (AvgIpc) is 2.90. The highest BCUT2D eigenvalue weighted by Crippen LogP contribution is 2.32. The third-order valence-corrected chi connectivity index (χ3v) is 5.37. The Morgan fingerprint density at radius 1 is 1.12 bits per heavy atom. The van der Waals surface area contributed by atoms with Gasteiger partial charge in [0.05, 0.1) is 5.69 Å². The van der Waals surface area contributed by atoms with Gasteiger partial charge in [0.2, 0.25) is 0 Å². The minimum absolute atomic E-state index is 0.142. The van der Waals surface area contributed by atoms with E-state index in [1.807, 2.05) is 12.1 Å². The zero-order valence-electron chi connectivity index (χ0n) is 14.3. The number of nitrogens with zero attached hydrogens (tertiary/aromatic N) is 5. The second-order valence-electron chi connectivity index (χ2n) is 6.97. The number of fused-ring (bicyclic) bond motifs is 1. The molecule has 2 aromatic rings. The Hall–Kier alpha value is -2.42. The van der Waals surface area contributed by atoms with E-state index in [-0.39, 0.29) is 11.5 Å². The second-order valence-corrected chi connectivity index (χ2v) is 6.97. The molecule has 2 aliphatic heterocycles. The van der Waals surface area contributed by atoms with Crippen LogP contribution in [0.25, 0.3) is 0 Å². The third kappa shape index (κ3) is 2.99. The van der Waals surface area contributed by atoms with Crippen LogP contribution in [0.4, 0.5) is 10.1 Å². The van der Waals surface area contributed by atoms with Crippen molar-refractivity contribution in [2.75, 3.05) is 18.0 Å². The first-order valence-electron chi connectivity index (χ1n) is 9.13. The summed E-state index contributed by atoms with van der Waals surface area (Å²) in [7, 11) is 0. The second kappa shape index (κ2) is 6.83. The summed E-state index contributed by atoms with van der Waals surface area (Å²) in [6, 6.07) is 6.89. The van der Waals surface area contributed by atoms with E-state index < -0.39 is 5.82 Å². The molecule has 0 radical (unpaired) electrons. The smallest absolute Gasteiger partial charge is 0.143 e. The minimum Gasteiger partial charge on any atom is -0.370 e. The van der Waals surface area contributed by atoms with E-state index in [4.69, 9.17) is 0 Å². The number of rotatable bonds is 2. The van der Waals surface area contributed by atoms with Crippen LogP contribution in [0.2, 0.25) is 0 Å². The van der Waals surface area contributed by atoms with Crippen LogP contribution < -0.4 is 4.90 Å². The molecular weight excluding hydrogens is 317 g/mol. The van der Waals surface area contributed by atoms with Crippen molar-refractivity contribution < 1.29 is 4.39 Å². The number of benzene rings is 1. The zero-order chi connectivity index (χ0) is 17.2. The maximum absolute atomic E-state index is 14.0. The molecule has 1 saturated heterocycles. The maximum atomic E-state index is 14.0. The lowest BCUT2D eigenvalue weighted by molar-refractivity contribution is 0.465. The molecule has 0 saturated carbocycles. The van der Waals surface area contributed by atoms with Gasteiger partial charge in [-0.1, -0.05) is 12.5 Å². The first-order valence-corrected chi connectivity index (χ1v) is 9.13. The van der Waals surface area contributed by atoms with Crippen LogP contribution in [0.3, 0.4) is 0 Å². The van der Waals surface area contributed by atoms with Crippen LogP contribution >= 0.6 is 0 Å². The van der Waals surface area contributed by atoms with E-state index in [9.17, 15) is 9.65 Å². The van der Waals surface area contributed by atoms with Crippen molar-refractivity contribution in [1.29, 1.82) is 5.26 Å². The highest BCUT2D eigenvalue weighted by molar-refractivity contribution is 5.60.